The van der Waals surface area contributed by atoms with E-state index in [1.54, 1.807) is 7.11 Å². The van der Waals surface area contributed by atoms with Crippen molar-refractivity contribution in [3.63, 3.8) is 0 Å². The van der Waals surface area contributed by atoms with Crippen LogP contribution in [0.5, 0.6) is 0 Å². The fourth-order valence-electron chi connectivity index (χ4n) is 1.41. The largest absolute Gasteiger partial charge is 0.382 e. The monoisotopic (exact) mass is 215 g/mol. The highest BCUT2D eigenvalue weighted by Gasteiger charge is 2.04. The SMILES string of the molecule is C=CCCCC(CCOCCOC)NC. The molecule has 3 nitrogen and oxygen atoms in total. The van der Waals surface area contributed by atoms with Gasteiger partial charge in [-0.15, -0.1) is 6.58 Å². The van der Waals surface area contributed by atoms with Gasteiger partial charge in [-0.3, -0.25) is 0 Å². The molecular weight excluding hydrogens is 190 g/mol. The van der Waals surface area contributed by atoms with Gasteiger partial charge in [0.1, 0.15) is 0 Å². The zero-order valence-corrected chi connectivity index (χ0v) is 10.1. The lowest BCUT2D eigenvalue weighted by Crippen LogP contribution is -2.26. The van der Waals surface area contributed by atoms with E-state index in [0.29, 0.717) is 19.3 Å². The average molecular weight is 215 g/mol. The van der Waals surface area contributed by atoms with E-state index in [2.05, 4.69) is 11.9 Å². The molecule has 1 unspecified atom stereocenters. The summed E-state index contributed by atoms with van der Waals surface area (Å²) in [6, 6.07) is 0.562. The highest BCUT2D eigenvalue weighted by Crippen LogP contribution is 2.04. The molecule has 0 saturated carbocycles. The Morgan fingerprint density at radius 3 is 2.67 bits per heavy atom. The Balaban J connectivity index is 3.31. The molecule has 0 spiro atoms. The Bertz CT molecular complexity index is 140. The van der Waals surface area contributed by atoms with E-state index in [4.69, 9.17) is 9.47 Å². The molecule has 0 aliphatic heterocycles. The van der Waals surface area contributed by atoms with E-state index in [-0.39, 0.29) is 0 Å². The Morgan fingerprint density at radius 2 is 2.07 bits per heavy atom. The zero-order valence-electron chi connectivity index (χ0n) is 10.1. The van der Waals surface area contributed by atoms with Crippen LogP contribution in [0.3, 0.4) is 0 Å². The summed E-state index contributed by atoms with van der Waals surface area (Å²) in [6.07, 6.45) is 6.53. The molecule has 90 valence electrons. The average Bonchev–Trinajstić information content (AvgIpc) is 2.26. The smallest absolute Gasteiger partial charge is 0.0700 e. The van der Waals surface area contributed by atoms with Gasteiger partial charge in [0, 0.05) is 19.8 Å². The van der Waals surface area contributed by atoms with Gasteiger partial charge in [-0.2, -0.15) is 0 Å². The maximum absolute atomic E-state index is 5.43. The third-order valence-electron chi connectivity index (χ3n) is 2.41. The molecule has 0 saturated heterocycles. The van der Waals surface area contributed by atoms with Crippen LogP contribution in [0.15, 0.2) is 12.7 Å². The molecule has 0 aromatic heterocycles. The molecule has 0 amide bonds. The van der Waals surface area contributed by atoms with Gasteiger partial charge in [-0.25, -0.2) is 0 Å². The molecule has 1 N–H and O–H groups in total. The Hall–Kier alpha value is -0.380. The van der Waals surface area contributed by atoms with Crippen molar-refractivity contribution in [2.45, 2.75) is 31.7 Å². The molecule has 3 heteroatoms. The van der Waals surface area contributed by atoms with Crippen LogP contribution in [0, 0.1) is 0 Å². The minimum Gasteiger partial charge on any atom is -0.382 e. The highest BCUT2D eigenvalue weighted by atomic mass is 16.5. The summed E-state index contributed by atoms with van der Waals surface area (Å²) < 4.78 is 10.3. The van der Waals surface area contributed by atoms with Crippen molar-refractivity contribution in [3.05, 3.63) is 12.7 Å². The molecule has 0 aromatic rings. The van der Waals surface area contributed by atoms with Gasteiger partial charge in [0.2, 0.25) is 0 Å². The van der Waals surface area contributed by atoms with Crippen LogP contribution in [0.2, 0.25) is 0 Å². The summed E-state index contributed by atoms with van der Waals surface area (Å²) in [5.74, 6) is 0. The van der Waals surface area contributed by atoms with E-state index in [1.165, 1.54) is 12.8 Å². The quantitative estimate of drug-likeness (QED) is 0.422. The number of methoxy groups -OCH3 is 1. The van der Waals surface area contributed by atoms with Crippen molar-refractivity contribution in [1.29, 1.82) is 0 Å². The first-order chi connectivity index (χ1) is 7.35. The fourth-order valence-corrected chi connectivity index (χ4v) is 1.41. The number of rotatable bonds is 11. The number of nitrogens with one attached hydrogen (secondary N) is 1. The minimum absolute atomic E-state index is 0.562. The molecule has 0 aromatic carbocycles. The first-order valence-corrected chi connectivity index (χ1v) is 5.70. The molecule has 0 aliphatic carbocycles. The van der Waals surface area contributed by atoms with Gasteiger partial charge in [0.05, 0.1) is 13.2 Å². The summed E-state index contributed by atoms with van der Waals surface area (Å²) in [4.78, 5) is 0. The third kappa shape index (κ3) is 9.91. The summed E-state index contributed by atoms with van der Waals surface area (Å²) >= 11 is 0. The third-order valence-corrected chi connectivity index (χ3v) is 2.41. The summed E-state index contributed by atoms with van der Waals surface area (Å²) in [5, 5.41) is 3.31. The van der Waals surface area contributed by atoms with Crippen LogP contribution in [-0.4, -0.2) is 40.0 Å². The second-order valence-corrected chi connectivity index (χ2v) is 3.60. The first kappa shape index (κ1) is 14.6. The number of hydrogen-bond acceptors (Lipinski definition) is 3. The maximum atomic E-state index is 5.43. The molecule has 0 radical (unpaired) electrons. The number of unbranched alkanes of at least 4 members (excludes halogenated alkanes) is 1. The normalized spacial score (nSPS) is 12.7. The van der Waals surface area contributed by atoms with Crippen LogP contribution in [0.4, 0.5) is 0 Å². The zero-order chi connectivity index (χ0) is 11.4. The topological polar surface area (TPSA) is 30.5 Å². The van der Waals surface area contributed by atoms with Crippen molar-refractivity contribution >= 4 is 0 Å². The standard InChI is InChI=1S/C12H25NO2/c1-4-5-6-7-12(13-2)8-9-15-11-10-14-3/h4,12-13H,1,5-11H2,2-3H3. The van der Waals surface area contributed by atoms with Gasteiger partial charge in [0.25, 0.3) is 0 Å². The molecule has 0 rings (SSSR count). The second kappa shape index (κ2) is 11.7. The lowest BCUT2D eigenvalue weighted by atomic mass is 10.1. The van der Waals surface area contributed by atoms with E-state index in [0.717, 1.165) is 19.4 Å². The van der Waals surface area contributed by atoms with Crippen molar-refractivity contribution in [3.8, 4) is 0 Å². The summed E-state index contributed by atoms with van der Waals surface area (Å²) in [6.45, 7) is 5.90. The van der Waals surface area contributed by atoms with Crippen LogP contribution in [0.25, 0.3) is 0 Å². The van der Waals surface area contributed by atoms with Crippen LogP contribution in [0.1, 0.15) is 25.7 Å². The van der Waals surface area contributed by atoms with Gasteiger partial charge in [-0.1, -0.05) is 6.08 Å². The first-order valence-electron chi connectivity index (χ1n) is 5.70. The van der Waals surface area contributed by atoms with E-state index >= 15 is 0 Å². The van der Waals surface area contributed by atoms with Crippen molar-refractivity contribution in [2.75, 3.05) is 34.0 Å². The fraction of sp³-hybridized carbons (Fsp3) is 0.833. The molecule has 0 bridgehead atoms. The lowest BCUT2D eigenvalue weighted by molar-refractivity contribution is 0.0657. The van der Waals surface area contributed by atoms with Gasteiger partial charge in [0.15, 0.2) is 0 Å². The Labute approximate surface area is 93.8 Å². The Morgan fingerprint density at radius 1 is 1.27 bits per heavy atom. The van der Waals surface area contributed by atoms with Gasteiger partial charge < -0.3 is 14.8 Å². The Kier molecular flexibility index (Phi) is 11.4. The van der Waals surface area contributed by atoms with Crippen LogP contribution >= 0.6 is 0 Å². The maximum Gasteiger partial charge on any atom is 0.0700 e. The van der Waals surface area contributed by atoms with Crippen molar-refractivity contribution in [1.82, 2.24) is 5.32 Å². The van der Waals surface area contributed by atoms with Crippen molar-refractivity contribution < 1.29 is 9.47 Å². The number of ether oxygens (including phenoxy) is 2. The number of hydrogen-bond donors (Lipinski definition) is 1. The predicted octanol–water partition coefficient (Wildman–Crippen LogP) is 1.98. The van der Waals surface area contributed by atoms with E-state index < -0.39 is 0 Å². The minimum atomic E-state index is 0.562. The van der Waals surface area contributed by atoms with Crippen molar-refractivity contribution in [2.24, 2.45) is 0 Å². The van der Waals surface area contributed by atoms with Crippen LogP contribution < -0.4 is 5.32 Å². The van der Waals surface area contributed by atoms with E-state index in [1.807, 2.05) is 13.1 Å². The van der Waals surface area contributed by atoms with Crippen LogP contribution in [-0.2, 0) is 9.47 Å². The highest BCUT2D eigenvalue weighted by molar-refractivity contribution is 4.70. The summed E-state index contributed by atoms with van der Waals surface area (Å²) in [7, 11) is 3.70. The molecular formula is C12H25NO2. The second-order valence-electron chi connectivity index (χ2n) is 3.60. The molecule has 15 heavy (non-hydrogen) atoms. The number of allylic oxidation sites excluding steroid dienone is 1. The van der Waals surface area contributed by atoms with Gasteiger partial charge >= 0.3 is 0 Å². The lowest BCUT2D eigenvalue weighted by Gasteiger charge is -2.15. The molecule has 0 fully saturated rings. The predicted molar refractivity (Wildman–Crippen MR) is 64.2 cm³/mol. The van der Waals surface area contributed by atoms with Gasteiger partial charge in [-0.05, 0) is 32.7 Å². The molecule has 0 heterocycles. The summed E-state index contributed by atoms with van der Waals surface area (Å²) in [5.41, 5.74) is 0. The molecule has 1 atom stereocenters. The molecule has 0 aliphatic rings. The van der Waals surface area contributed by atoms with E-state index in [9.17, 15) is 0 Å².